The molecule has 9 aromatic rings. The molecule has 8 aromatic carbocycles. The minimum absolute atomic E-state index is 0.585. The highest BCUT2D eigenvalue weighted by Crippen LogP contribution is 2.63. The second kappa shape index (κ2) is 10.5. The van der Waals surface area contributed by atoms with E-state index >= 15 is 0 Å². The molecule has 0 bridgehead atoms. The van der Waals surface area contributed by atoms with E-state index in [2.05, 4.69) is 170 Å². The van der Waals surface area contributed by atoms with E-state index in [-0.39, 0.29) is 0 Å². The van der Waals surface area contributed by atoms with Gasteiger partial charge in [0.1, 0.15) is 22.7 Å². The fraction of sp³-hybridized carbons (Fsp3) is 0.0417. The highest BCUT2D eigenvalue weighted by Gasteiger charge is 2.51. The van der Waals surface area contributed by atoms with Crippen molar-refractivity contribution in [1.29, 1.82) is 0 Å². The fourth-order valence-corrected chi connectivity index (χ4v) is 8.85. The Labute approximate surface area is 295 Å². The molecule has 3 heteroatoms. The fourth-order valence-electron chi connectivity index (χ4n) is 8.85. The van der Waals surface area contributed by atoms with E-state index in [0.29, 0.717) is 0 Å². The Balaban J connectivity index is 1.22. The third-order valence-corrected chi connectivity index (χ3v) is 11.0. The zero-order valence-corrected chi connectivity index (χ0v) is 27.9. The molecule has 0 saturated carbocycles. The Morgan fingerprint density at radius 1 is 0.471 bits per heavy atom. The molecule has 2 heterocycles. The molecular formula is C48H31NO2. The Morgan fingerprint density at radius 2 is 1.16 bits per heavy atom. The number of rotatable bonds is 3. The first kappa shape index (κ1) is 28.3. The van der Waals surface area contributed by atoms with Crippen LogP contribution in [0.25, 0.3) is 43.8 Å². The third kappa shape index (κ3) is 3.83. The summed E-state index contributed by atoms with van der Waals surface area (Å²) in [5.41, 5.74) is 13.0. The van der Waals surface area contributed by atoms with Crippen LogP contribution in [-0.4, -0.2) is 0 Å². The van der Waals surface area contributed by atoms with Crippen LogP contribution in [0.2, 0.25) is 0 Å². The maximum absolute atomic E-state index is 6.89. The summed E-state index contributed by atoms with van der Waals surface area (Å²) >= 11 is 0. The van der Waals surface area contributed by atoms with Gasteiger partial charge >= 0.3 is 0 Å². The topological polar surface area (TPSA) is 25.6 Å². The van der Waals surface area contributed by atoms with Crippen LogP contribution in [0.5, 0.6) is 11.5 Å². The number of benzene rings is 8. The molecule has 1 aliphatic carbocycles. The molecule has 1 aromatic heterocycles. The number of ether oxygens (including phenoxy) is 1. The van der Waals surface area contributed by atoms with Gasteiger partial charge in [0.25, 0.3) is 0 Å². The van der Waals surface area contributed by atoms with Crippen molar-refractivity contribution in [3.05, 3.63) is 198 Å². The van der Waals surface area contributed by atoms with Crippen molar-refractivity contribution in [2.24, 2.45) is 0 Å². The molecule has 3 nitrogen and oxygen atoms in total. The largest absolute Gasteiger partial charge is 0.456 e. The molecule has 0 fully saturated rings. The number of aryl methyl sites for hydroxylation is 1. The quantitative estimate of drug-likeness (QED) is 0.190. The average Bonchev–Trinajstić information content (AvgIpc) is 3.69. The molecular weight excluding hydrogens is 623 g/mol. The smallest absolute Gasteiger partial charge is 0.140 e. The molecule has 0 N–H and O–H groups in total. The highest BCUT2D eigenvalue weighted by atomic mass is 16.5. The summed E-state index contributed by atoms with van der Waals surface area (Å²) in [5, 5.41) is 4.50. The average molecular weight is 654 g/mol. The van der Waals surface area contributed by atoms with E-state index in [4.69, 9.17) is 9.15 Å². The minimum atomic E-state index is -0.585. The van der Waals surface area contributed by atoms with Crippen LogP contribution < -0.4 is 9.64 Å². The van der Waals surface area contributed by atoms with Crippen LogP contribution in [0.3, 0.4) is 0 Å². The van der Waals surface area contributed by atoms with Gasteiger partial charge in [-0.2, -0.15) is 0 Å². The molecule has 11 rings (SSSR count). The summed E-state index contributed by atoms with van der Waals surface area (Å²) in [6, 6.07) is 61.2. The van der Waals surface area contributed by atoms with Crippen molar-refractivity contribution in [2.45, 2.75) is 12.3 Å². The lowest BCUT2D eigenvalue weighted by molar-refractivity contribution is 0.441. The number of fused-ring (bicyclic) bond motifs is 14. The van der Waals surface area contributed by atoms with E-state index in [1.54, 1.807) is 0 Å². The van der Waals surface area contributed by atoms with Crippen molar-refractivity contribution in [3.8, 4) is 22.6 Å². The first-order valence-electron chi connectivity index (χ1n) is 17.5. The summed E-state index contributed by atoms with van der Waals surface area (Å²) in [6.45, 7) is 2.19. The molecule has 0 amide bonds. The van der Waals surface area contributed by atoms with Gasteiger partial charge in [0, 0.05) is 44.3 Å². The number of anilines is 3. The monoisotopic (exact) mass is 653 g/mol. The summed E-state index contributed by atoms with van der Waals surface area (Å²) in [7, 11) is 0. The number of furan rings is 1. The van der Waals surface area contributed by atoms with Gasteiger partial charge in [-0.15, -0.1) is 0 Å². The summed E-state index contributed by atoms with van der Waals surface area (Å²) in [5.74, 6) is 1.82. The molecule has 0 saturated heterocycles. The Hall–Kier alpha value is -6.58. The van der Waals surface area contributed by atoms with Crippen molar-refractivity contribution in [1.82, 2.24) is 0 Å². The summed E-state index contributed by atoms with van der Waals surface area (Å²) < 4.78 is 13.1. The molecule has 1 spiro atoms. The van der Waals surface area contributed by atoms with Gasteiger partial charge in [-0.25, -0.2) is 0 Å². The Bertz CT molecular complexity index is 2880. The zero-order chi connectivity index (χ0) is 33.7. The second-order valence-electron chi connectivity index (χ2n) is 13.7. The van der Waals surface area contributed by atoms with Gasteiger partial charge in [-0.05, 0) is 88.7 Å². The van der Waals surface area contributed by atoms with Crippen molar-refractivity contribution < 1.29 is 9.15 Å². The van der Waals surface area contributed by atoms with Gasteiger partial charge in [0.05, 0.1) is 5.41 Å². The molecule has 0 radical (unpaired) electrons. The third-order valence-electron chi connectivity index (χ3n) is 11.0. The van der Waals surface area contributed by atoms with Crippen LogP contribution in [0.1, 0.15) is 27.8 Å². The normalized spacial score (nSPS) is 15.4. The number of hydrogen-bond acceptors (Lipinski definition) is 3. The van der Waals surface area contributed by atoms with E-state index < -0.39 is 5.41 Å². The van der Waals surface area contributed by atoms with Crippen molar-refractivity contribution in [3.63, 3.8) is 0 Å². The van der Waals surface area contributed by atoms with Crippen LogP contribution >= 0.6 is 0 Å². The van der Waals surface area contributed by atoms with Crippen LogP contribution in [-0.2, 0) is 5.41 Å². The van der Waals surface area contributed by atoms with E-state index in [1.165, 1.54) is 33.2 Å². The van der Waals surface area contributed by atoms with Gasteiger partial charge in [-0.1, -0.05) is 121 Å². The van der Waals surface area contributed by atoms with E-state index in [9.17, 15) is 0 Å². The van der Waals surface area contributed by atoms with E-state index in [0.717, 1.165) is 67.0 Å². The van der Waals surface area contributed by atoms with Gasteiger partial charge in [0.15, 0.2) is 0 Å². The Morgan fingerprint density at radius 3 is 2.08 bits per heavy atom. The SMILES string of the molecule is Cc1ccccc1N(c1ccc2c(c1)C1(c3ccccc3Oc3c1ccc1ccccc31)c1ccccc1-2)c1ccc2oc3ccccc3c2c1. The van der Waals surface area contributed by atoms with Gasteiger partial charge < -0.3 is 14.1 Å². The van der Waals surface area contributed by atoms with E-state index in [1.807, 2.05) is 12.1 Å². The lowest BCUT2D eigenvalue weighted by Crippen LogP contribution is -2.32. The van der Waals surface area contributed by atoms with Crippen LogP contribution in [0.15, 0.2) is 174 Å². The van der Waals surface area contributed by atoms with Crippen molar-refractivity contribution >= 4 is 49.8 Å². The van der Waals surface area contributed by atoms with Crippen LogP contribution in [0.4, 0.5) is 17.1 Å². The lowest BCUT2D eigenvalue weighted by atomic mass is 9.65. The maximum atomic E-state index is 6.89. The number of hydrogen-bond donors (Lipinski definition) is 0. The summed E-state index contributed by atoms with van der Waals surface area (Å²) in [4.78, 5) is 2.40. The molecule has 1 atom stereocenters. The minimum Gasteiger partial charge on any atom is -0.456 e. The zero-order valence-electron chi connectivity index (χ0n) is 27.9. The first-order chi connectivity index (χ1) is 25.2. The highest BCUT2D eigenvalue weighted by molar-refractivity contribution is 6.07. The lowest BCUT2D eigenvalue weighted by Gasteiger charge is -2.40. The van der Waals surface area contributed by atoms with Crippen LogP contribution in [0, 0.1) is 6.92 Å². The predicted octanol–water partition coefficient (Wildman–Crippen LogP) is 13.0. The molecule has 1 aliphatic heterocycles. The van der Waals surface area contributed by atoms with Crippen molar-refractivity contribution in [2.75, 3.05) is 4.90 Å². The maximum Gasteiger partial charge on any atom is 0.140 e. The number of para-hydroxylation sites is 3. The molecule has 2 aliphatic rings. The molecule has 240 valence electrons. The number of nitrogens with zero attached hydrogens (tertiary/aromatic N) is 1. The first-order valence-corrected chi connectivity index (χ1v) is 17.5. The molecule has 51 heavy (non-hydrogen) atoms. The molecule has 1 unspecified atom stereocenters. The second-order valence-corrected chi connectivity index (χ2v) is 13.7. The standard InChI is InChI=1S/C48H31NO2/c1-30-12-2-9-19-43(30)49(32-24-27-45-38(28-32)37-16-6-10-20-44(37)50-45)33-23-25-36-35-15-5-7-17-39(35)48(42(36)29-33)40-18-8-11-21-46(40)51-47-34-14-4-3-13-31(34)22-26-41(47)48/h2-29H,1H3. The Kier molecular flexibility index (Phi) is 5.80. The predicted molar refractivity (Wildman–Crippen MR) is 208 cm³/mol. The van der Waals surface area contributed by atoms with Gasteiger partial charge in [-0.3, -0.25) is 0 Å². The van der Waals surface area contributed by atoms with Gasteiger partial charge in [0.2, 0.25) is 0 Å². The summed E-state index contributed by atoms with van der Waals surface area (Å²) in [6.07, 6.45) is 0.